The van der Waals surface area contributed by atoms with Crippen molar-refractivity contribution in [3.8, 4) is 22.3 Å². The summed E-state index contributed by atoms with van der Waals surface area (Å²) in [4.78, 5) is 3.36. The first kappa shape index (κ1) is 19.0. The number of hydrogen-bond donors (Lipinski definition) is 0. The first-order valence-corrected chi connectivity index (χ1v) is 10.6. The summed E-state index contributed by atoms with van der Waals surface area (Å²) in [5, 5.41) is 10.5. The second kappa shape index (κ2) is 8.32. The highest BCUT2D eigenvalue weighted by molar-refractivity contribution is 7.13. The maximum absolute atomic E-state index is 5.95. The van der Waals surface area contributed by atoms with Crippen LogP contribution in [0.25, 0.3) is 10.8 Å². The highest BCUT2D eigenvalue weighted by Gasteiger charge is 2.27. The van der Waals surface area contributed by atoms with Gasteiger partial charge in [-0.2, -0.15) is 0 Å². The molecule has 1 aromatic carbocycles. The fourth-order valence-electron chi connectivity index (χ4n) is 3.51. The zero-order chi connectivity index (χ0) is 19.5. The molecule has 6 nitrogen and oxygen atoms in total. The Morgan fingerprint density at radius 1 is 1.14 bits per heavy atom. The third-order valence-corrected chi connectivity index (χ3v) is 5.84. The molecule has 0 unspecified atom stereocenters. The average molecular weight is 400 g/mol. The molecule has 2 aromatic heterocycles. The van der Waals surface area contributed by atoms with Crippen LogP contribution in [-0.2, 0) is 13.0 Å². The summed E-state index contributed by atoms with van der Waals surface area (Å²) in [7, 11) is 0. The summed E-state index contributed by atoms with van der Waals surface area (Å²) in [6.45, 7) is 9.11. The quantitative estimate of drug-likeness (QED) is 0.573. The van der Waals surface area contributed by atoms with Crippen LogP contribution in [0, 0.1) is 0 Å². The van der Waals surface area contributed by atoms with Crippen molar-refractivity contribution in [3.05, 3.63) is 46.7 Å². The number of fused-ring (bicyclic) bond motifs is 1. The smallest absolute Gasteiger partial charge is 0.257 e. The molecule has 0 spiro atoms. The molecule has 4 rings (SSSR count). The summed E-state index contributed by atoms with van der Waals surface area (Å²) in [5.74, 6) is 2.90. The van der Waals surface area contributed by atoms with Crippen LogP contribution in [0.2, 0.25) is 0 Å². The van der Waals surface area contributed by atoms with Crippen LogP contribution in [0.1, 0.15) is 43.8 Å². The molecule has 0 aliphatic carbocycles. The molecule has 0 saturated carbocycles. The van der Waals surface area contributed by atoms with Crippen molar-refractivity contribution in [3.63, 3.8) is 0 Å². The Morgan fingerprint density at radius 3 is 2.57 bits per heavy atom. The van der Waals surface area contributed by atoms with E-state index in [1.165, 1.54) is 11.1 Å². The molecule has 28 heavy (non-hydrogen) atoms. The summed E-state index contributed by atoms with van der Waals surface area (Å²) in [6, 6.07) is 8.29. The normalized spacial score (nSPS) is 15.2. The Hall–Kier alpha value is -2.38. The van der Waals surface area contributed by atoms with Crippen LogP contribution in [0.5, 0.6) is 11.5 Å². The van der Waals surface area contributed by atoms with E-state index < -0.39 is 0 Å². The zero-order valence-electron chi connectivity index (χ0n) is 16.5. The number of aromatic nitrogens is 2. The standard InChI is InChI=1S/C21H25N3O3S/c1-4-25-17-11-15-8-9-24(13-16(15)12-18(17)26-5-2)14(3)20-22-23-21(27-20)19-7-6-10-28-19/h6-7,10-12,14H,4-5,8-9,13H2,1-3H3/t14-/m1/s1. The summed E-state index contributed by atoms with van der Waals surface area (Å²) in [6.07, 6.45) is 0.956. The monoisotopic (exact) mass is 399 g/mol. The van der Waals surface area contributed by atoms with E-state index >= 15 is 0 Å². The number of nitrogens with zero attached hydrogens (tertiary/aromatic N) is 3. The fraction of sp³-hybridized carbons (Fsp3) is 0.429. The Morgan fingerprint density at radius 2 is 1.89 bits per heavy atom. The molecule has 1 aliphatic heterocycles. The topological polar surface area (TPSA) is 60.6 Å². The van der Waals surface area contributed by atoms with Gasteiger partial charge in [-0.15, -0.1) is 21.5 Å². The van der Waals surface area contributed by atoms with Crippen LogP contribution in [0.3, 0.4) is 0 Å². The lowest BCUT2D eigenvalue weighted by atomic mass is 9.97. The summed E-state index contributed by atoms with van der Waals surface area (Å²) in [5.41, 5.74) is 2.59. The van der Waals surface area contributed by atoms with Gasteiger partial charge in [0.1, 0.15) is 0 Å². The van der Waals surface area contributed by atoms with E-state index in [0.29, 0.717) is 25.0 Å². The Kier molecular flexibility index (Phi) is 5.64. The van der Waals surface area contributed by atoms with Gasteiger partial charge in [-0.05, 0) is 61.9 Å². The molecule has 0 amide bonds. The molecule has 0 radical (unpaired) electrons. The van der Waals surface area contributed by atoms with Gasteiger partial charge in [-0.3, -0.25) is 4.90 Å². The van der Waals surface area contributed by atoms with Crippen molar-refractivity contribution in [2.24, 2.45) is 0 Å². The minimum Gasteiger partial charge on any atom is -0.490 e. The van der Waals surface area contributed by atoms with Gasteiger partial charge in [0.15, 0.2) is 11.5 Å². The van der Waals surface area contributed by atoms with Crippen molar-refractivity contribution < 1.29 is 13.9 Å². The molecule has 0 saturated heterocycles. The second-order valence-electron chi connectivity index (χ2n) is 6.75. The molecule has 0 N–H and O–H groups in total. The molecule has 0 fully saturated rings. The van der Waals surface area contributed by atoms with Crippen molar-refractivity contribution in [2.45, 2.75) is 39.8 Å². The van der Waals surface area contributed by atoms with Crippen molar-refractivity contribution in [1.82, 2.24) is 15.1 Å². The number of hydrogen-bond acceptors (Lipinski definition) is 7. The van der Waals surface area contributed by atoms with Crippen molar-refractivity contribution in [1.29, 1.82) is 0 Å². The molecular weight excluding hydrogens is 374 g/mol. The molecule has 148 valence electrons. The van der Waals surface area contributed by atoms with Gasteiger partial charge in [-0.25, -0.2) is 0 Å². The predicted octanol–water partition coefficient (Wildman–Crippen LogP) is 4.71. The Labute approximate surface area is 169 Å². The van der Waals surface area contributed by atoms with Gasteiger partial charge in [0.05, 0.1) is 24.1 Å². The fourth-order valence-corrected chi connectivity index (χ4v) is 4.16. The van der Waals surface area contributed by atoms with Crippen LogP contribution >= 0.6 is 11.3 Å². The maximum atomic E-state index is 5.95. The van der Waals surface area contributed by atoms with E-state index in [2.05, 4.69) is 34.2 Å². The van der Waals surface area contributed by atoms with Crippen molar-refractivity contribution in [2.75, 3.05) is 19.8 Å². The number of thiophene rings is 1. The van der Waals surface area contributed by atoms with E-state index in [1.807, 2.05) is 31.4 Å². The lowest BCUT2D eigenvalue weighted by molar-refractivity contribution is 0.166. The summed E-state index contributed by atoms with van der Waals surface area (Å²) >= 11 is 1.60. The lowest BCUT2D eigenvalue weighted by Gasteiger charge is -2.32. The highest BCUT2D eigenvalue weighted by Crippen LogP contribution is 2.36. The van der Waals surface area contributed by atoms with Gasteiger partial charge in [0.25, 0.3) is 5.89 Å². The maximum Gasteiger partial charge on any atom is 0.257 e. The van der Waals surface area contributed by atoms with Gasteiger partial charge >= 0.3 is 0 Å². The molecule has 7 heteroatoms. The largest absolute Gasteiger partial charge is 0.490 e. The minimum absolute atomic E-state index is 0.0523. The predicted molar refractivity (Wildman–Crippen MR) is 109 cm³/mol. The van der Waals surface area contributed by atoms with E-state index in [-0.39, 0.29) is 6.04 Å². The zero-order valence-corrected chi connectivity index (χ0v) is 17.3. The molecular formula is C21H25N3O3S. The van der Waals surface area contributed by atoms with E-state index in [4.69, 9.17) is 13.9 Å². The van der Waals surface area contributed by atoms with E-state index in [1.54, 1.807) is 11.3 Å². The van der Waals surface area contributed by atoms with Gasteiger partial charge in [0, 0.05) is 13.1 Å². The number of ether oxygens (including phenoxy) is 2. The van der Waals surface area contributed by atoms with Gasteiger partial charge < -0.3 is 13.9 Å². The molecule has 3 aromatic rings. The molecule has 0 bridgehead atoms. The highest BCUT2D eigenvalue weighted by atomic mass is 32.1. The number of benzene rings is 1. The van der Waals surface area contributed by atoms with Crippen molar-refractivity contribution >= 4 is 11.3 Å². The van der Waals surface area contributed by atoms with E-state index in [9.17, 15) is 0 Å². The van der Waals surface area contributed by atoms with Crippen LogP contribution in [-0.4, -0.2) is 34.9 Å². The third-order valence-electron chi connectivity index (χ3n) is 4.99. The number of rotatable bonds is 7. The summed E-state index contributed by atoms with van der Waals surface area (Å²) < 4.78 is 17.5. The van der Waals surface area contributed by atoms with Gasteiger partial charge in [-0.1, -0.05) is 6.07 Å². The first-order valence-electron chi connectivity index (χ1n) is 9.72. The SMILES string of the molecule is CCOc1cc2c(cc1OCC)CN([C@H](C)c1nnc(-c3cccs3)o1)CC2. The average Bonchev–Trinajstić information content (AvgIpc) is 3.39. The van der Waals surface area contributed by atoms with E-state index in [0.717, 1.165) is 35.9 Å². The molecule has 3 heterocycles. The third kappa shape index (κ3) is 3.77. The molecule has 1 aliphatic rings. The molecule has 1 atom stereocenters. The van der Waals surface area contributed by atoms with Crippen LogP contribution < -0.4 is 9.47 Å². The second-order valence-corrected chi connectivity index (χ2v) is 7.70. The van der Waals surface area contributed by atoms with Crippen LogP contribution in [0.15, 0.2) is 34.1 Å². The van der Waals surface area contributed by atoms with Crippen LogP contribution in [0.4, 0.5) is 0 Å². The first-order chi connectivity index (χ1) is 13.7. The lowest BCUT2D eigenvalue weighted by Crippen LogP contribution is -2.33. The minimum atomic E-state index is 0.0523. The van der Waals surface area contributed by atoms with Gasteiger partial charge in [0.2, 0.25) is 5.89 Å². The Bertz CT molecular complexity index is 923. The Balaban J connectivity index is 1.53.